The van der Waals surface area contributed by atoms with Gasteiger partial charge in [0, 0.05) is 29.8 Å². The summed E-state index contributed by atoms with van der Waals surface area (Å²) in [6.45, 7) is 1.52. The number of thiazole rings is 1. The minimum absolute atomic E-state index is 0.739. The Kier molecular flexibility index (Phi) is 5.59. The summed E-state index contributed by atoms with van der Waals surface area (Å²) in [6, 6.07) is 25.0. The maximum Gasteiger partial charge on any atom is 0.183 e. The SMILES string of the molecule is COc1ccccc1Cc1sc(NCc2ccc3c(c2)CCO3)nc1-c1ccccc1. The first kappa shape index (κ1) is 19.6. The molecule has 0 atom stereocenters. The smallest absolute Gasteiger partial charge is 0.183 e. The van der Waals surface area contributed by atoms with Crippen molar-refractivity contribution in [3.63, 3.8) is 0 Å². The van der Waals surface area contributed by atoms with E-state index in [0.717, 1.165) is 59.4 Å². The second-order valence-corrected chi connectivity index (χ2v) is 8.62. The van der Waals surface area contributed by atoms with E-state index in [1.54, 1.807) is 18.4 Å². The normalized spacial score (nSPS) is 12.3. The number of fused-ring (bicyclic) bond motifs is 1. The molecule has 0 spiro atoms. The number of aromatic nitrogens is 1. The van der Waals surface area contributed by atoms with E-state index in [1.807, 2.05) is 18.2 Å². The van der Waals surface area contributed by atoms with Crippen LogP contribution < -0.4 is 14.8 Å². The first-order valence-electron chi connectivity index (χ1n) is 10.5. The Morgan fingerprint density at radius 3 is 2.74 bits per heavy atom. The van der Waals surface area contributed by atoms with Crippen LogP contribution in [-0.4, -0.2) is 18.7 Å². The zero-order chi connectivity index (χ0) is 21.0. The molecule has 5 rings (SSSR count). The van der Waals surface area contributed by atoms with E-state index in [9.17, 15) is 0 Å². The molecule has 1 N–H and O–H groups in total. The van der Waals surface area contributed by atoms with Crippen molar-refractivity contribution in [2.24, 2.45) is 0 Å². The molecule has 0 saturated carbocycles. The topological polar surface area (TPSA) is 43.4 Å². The summed E-state index contributed by atoms with van der Waals surface area (Å²) in [4.78, 5) is 6.18. The first-order chi connectivity index (χ1) is 15.3. The minimum atomic E-state index is 0.739. The maximum absolute atomic E-state index is 5.62. The summed E-state index contributed by atoms with van der Waals surface area (Å²) in [5.74, 6) is 1.92. The van der Waals surface area contributed by atoms with Crippen LogP contribution in [0, 0.1) is 0 Å². The Hall–Kier alpha value is -3.31. The zero-order valence-electron chi connectivity index (χ0n) is 17.4. The van der Waals surface area contributed by atoms with Gasteiger partial charge in [-0.1, -0.05) is 60.7 Å². The number of anilines is 1. The van der Waals surface area contributed by atoms with Crippen LogP contribution in [0.1, 0.15) is 21.6 Å². The van der Waals surface area contributed by atoms with Gasteiger partial charge in [0.15, 0.2) is 5.13 Å². The molecule has 0 amide bonds. The molecule has 0 radical (unpaired) electrons. The molecule has 3 aromatic carbocycles. The fourth-order valence-corrected chi connectivity index (χ4v) is 4.92. The summed E-state index contributed by atoms with van der Waals surface area (Å²) < 4.78 is 11.2. The predicted molar refractivity (Wildman–Crippen MR) is 126 cm³/mol. The molecule has 0 aliphatic carbocycles. The molecule has 0 saturated heterocycles. The molecule has 31 heavy (non-hydrogen) atoms. The van der Waals surface area contributed by atoms with Crippen molar-refractivity contribution in [2.75, 3.05) is 19.0 Å². The van der Waals surface area contributed by atoms with Gasteiger partial charge in [0.2, 0.25) is 0 Å². The molecular weight excluding hydrogens is 404 g/mol. The first-order valence-corrected chi connectivity index (χ1v) is 11.3. The van der Waals surface area contributed by atoms with Gasteiger partial charge in [0.1, 0.15) is 11.5 Å². The minimum Gasteiger partial charge on any atom is -0.496 e. The van der Waals surface area contributed by atoms with Crippen LogP contribution in [0.3, 0.4) is 0 Å². The van der Waals surface area contributed by atoms with Crippen molar-refractivity contribution < 1.29 is 9.47 Å². The van der Waals surface area contributed by atoms with Gasteiger partial charge in [-0.3, -0.25) is 0 Å². The fourth-order valence-electron chi connectivity index (χ4n) is 3.92. The molecule has 4 aromatic rings. The number of methoxy groups -OCH3 is 1. The Balaban J connectivity index is 1.42. The lowest BCUT2D eigenvalue weighted by atomic mass is 10.1. The molecule has 2 heterocycles. The van der Waals surface area contributed by atoms with Crippen LogP contribution in [0.15, 0.2) is 72.8 Å². The van der Waals surface area contributed by atoms with E-state index in [2.05, 4.69) is 59.9 Å². The lowest BCUT2D eigenvalue weighted by molar-refractivity contribution is 0.357. The summed E-state index contributed by atoms with van der Waals surface area (Å²) in [5, 5.41) is 4.46. The average molecular weight is 429 g/mol. The summed E-state index contributed by atoms with van der Waals surface area (Å²) >= 11 is 1.71. The highest BCUT2D eigenvalue weighted by molar-refractivity contribution is 7.16. The zero-order valence-corrected chi connectivity index (χ0v) is 18.2. The van der Waals surface area contributed by atoms with Crippen molar-refractivity contribution >= 4 is 16.5 Å². The van der Waals surface area contributed by atoms with Crippen LogP contribution in [0.2, 0.25) is 0 Å². The van der Waals surface area contributed by atoms with E-state index in [1.165, 1.54) is 16.0 Å². The second-order valence-electron chi connectivity index (χ2n) is 7.54. The number of rotatable bonds is 7. The van der Waals surface area contributed by atoms with Crippen molar-refractivity contribution in [3.8, 4) is 22.8 Å². The van der Waals surface area contributed by atoms with Gasteiger partial charge >= 0.3 is 0 Å². The van der Waals surface area contributed by atoms with Crippen molar-refractivity contribution in [3.05, 3.63) is 94.4 Å². The number of para-hydroxylation sites is 1. The van der Waals surface area contributed by atoms with Gasteiger partial charge < -0.3 is 14.8 Å². The van der Waals surface area contributed by atoms with Crippen LogP contribution in [-0.2, 0) is 19.4 Å². The van der Waals surface area contributed by atoms with Crippen LogP contribution in [0.5, 0.6) is 11.5 Å². The van der Waals surface area contributed by atoms with E-state index < -0.39 is 0 Å². The highest BCUT2D eigenvalue weighted by atomic mass is 32.1. The lowest BCUT2D eigenvalue weighted by Gasteiger charge is -2.08. The third-order valence-corrected chi connectivity index (χ3v) is 6.50. The standard InChI is InChI=1S/C26H24N2O2S/c1-29-22-10-6-5-9-20(22)16-24-25(19-7-3-2-4-8-19)28-26(31-24)27-17-18-11-12-23-21(15-18)13-14-30-23/h2-12,15H,13-14,16-17H2,1H3,(H,27,28). The molecule has 4 nitrogen and oxygen atoms in total. The van der Waals surface area contributed by atoms with Gasteiger partial charge in [0.25, 0.3) is 0 Å². The van der Waals surface area contributed by atoms with Crippen LogP contribution in [0.4, 0.5) is 5.13 Å². The van der Waals surface area contributed by atoms with Gasteiger partial charge in [-0.2, -0.15) is 0 Å². The molecular formula is C26H24N2O2S. The van der Waals surface area contributed by atoms with E-state index in [0.29, 0.717) is 0 Å². The molecule has 156 valence electrons. The van der Waals surface area contributed by atoms with Crippen LogP contribution >= 0.6 is 11.3 Å². The molecule has 1 aromatic heterocycles. The van der Waals surface area contributed by atoms with Crippen molar-refractivity contribution in [1.29, 1.82) is 0 Å². The number of nitrogens with one attached hydrogen (secondary N) is 1. The maximum atomic E-state index is 5.62. The summed E-state index contributed by atoms with van der Waals surface area (Å²) in [6.07, 6.45) is 1.77. The van der Waals surface area contributed by atoms with Crippen LogP contribution in [0.25, 0.3) is 11.3 Å². The van der Waals surface area contributed by atoms with Crippen molar-refractivity contribution in [1.82, 2.24) is 4.98 Å². The van der Waals surface area contributed by atoms with Gasteiger partial charge in [0.05, 0.1) is 19.4 Å². The quantitative estimate of drug-likeness (QED) is 0.395. The molecule has 1 aliphatic rings. The molecule has 0 unspecified atom stereocenters. The number of benzene rings is 3. The molecule has 0 fully saturated rings. The fraction of sp³-hybridized carbons (Fsp3) is 0.192. The lowest BCUT2D eigenvalue weighted by Crippen LogP contribution is -1.99. The summed E-state index contributed by atoms with van der Waals surface area (Å²) in [5.41, 5.74) is 5.86. The Morgan fingerprint density at radius 1 is 1.03 bits per heavy atom. The Bertz CT molecular complexity index is 1190. The number of nitrogens with zero attached hydrogens (tertiary/aromatic N) is 1. The predicted octanol–water partition coefficient (Wildman–Crippen LogP) is 5.96. The Morgan fingerprint density at radius 2 is 1.87 bits per heavy atom. The highest BCUT2D eigenvalue weighted by Crippen LogP contribution is 2.35. The third kappa shape index (κ3) is 4.28. The number of hydrogen-bond acceptors (Lipinski definition) is 5. The molecule has 5 heteroatoms. The monoisotopic (exact) mass is 428 g/mol. The van der Waals surface area contributed by atoms with E-state index in [-0.39, 0.29) is 0 Å². The van der Waals surface area contributed by atoms with E-state index >= 15 is 0 Å². The molecule has 0 bridgehead atoms. The van der Waals surface area contributed by atoms with Crippen molar-refractivity contribution in [2.45, 2.75) is 19.4 Å². The summed E-state index contributed by atoms with van der Waals surface area (Å²) in [7, 11) is 1.72. The van der Waals surface area contributed by atoms with Gasteiger partial charge in [-0.25, -0.2) is 4.98 Å². The largest absolute Gasteiger partial charge is 0.496 e. The second kappa shape index (κ2) is 8.82. The van der Waals surface area contributed by atoms with Gasteiger partial charge in [-0.05, 0) is 28.8 Å². The number of ether oxygens (including phenoxy) is 2. The number of hydrogen-bond donors (Lipinski definition) is 1. The third-order valence-electron chi connectivity index (χ3n) is 5.49. The molecule has 1 aliphatic heterocycles. The average Bonchev–Trinajstić information content (AvgIpc) is 3.45. The van der Waals surface area contributed by atoms with E-state index in [4.69, 9.17) is 14.5 Å². The van der Waals surface area contributed by atoms with Gasteiger partial charge in [-0.15, -0.1) is 11.3 Å². The Labute approximate surface area is 186 Å². The highest BCUT2D eigenvalue weighted by Gasteiger charge is 2.16.